The van der Waals surface area contributed by atoms with E-state index in [1.54, 1.807) is 57.2 Å². The monoisotopic (exact) mass is 737 g/mol. The lowest BCUT2D eigenvalue weighted by Crippen LogP contribution is -2.60. The maximum absolute atomic E-state index is 13.9. The molecule has 1 aromatic heterocycles. The number of aliphatic imine (C=N–C) groups is 3. The first kappa shape index (κ1) is 43.0. The predicted molar refractivity (Wildman–Crippen MR) is 205 cm³/mol. The average molecular weight is 738 g/mol. The maximum atomic E-state index is 13.9. The van der Waals surface area contributed by atoms with Crippen molar-refractivity contribution in [3.63, 3.8) is 0 Å². The van der Waals surface area contributed by atoms with E-state index in [0.29, 0.717) is 36.3 Å². The van der Waals surface area contributed by atoms with Crippen molar-refractivity contribution in [1.29, 1.82) is 0 Å². The highest BCUT2D eigenvalue weighted by Crippen LogP contribution is 2.21. The summed E-state index contributed by atoms with van der Waals surface area (Å²) >= 11 is 0. The van der Waals surface area contributed by atoms with Crippen LogP contribution in [0.2, 0.25) is 0 Å². The molecule has 0 spiro atoms. The first-order valence-electron chi connectivity index (χ1n) is 17.1. The third-order valence-electron chi connectivity index (χ3n) is 7.74. The molecular weight excluding hydrogens is 682 g/mol. The van der Waals surface area contributed by atoms with Gasteiger partial charge in [-0.1, -0.05) is 51.1 Å². The van der Waals surface area contributed by atoms with Crippen LogP contribution in [0, 0.1) is 5.41 Å². The Kier molecular flexibility index (Phi) is 17.3. The second-order valence-electron chi connectivity index (χ2n) is 13.4. The Hall–Kier alpha value is -6.14. The van der Waals surface area contributed by atoms with Crippen LogP contribution < -0.4 is 61.4 Å². The first-order valence-corrected chi connectivity index (χ1v) is 17.1. The summed E-state index contributed by atoms with van der Waals surface area (Å²) in [5.41, 5.74) is 39.7. The van der Waals surface area contributed by atoms with Crippen molar-refractivity contribution in [2.24, 2.45) is 54.8 Å². The van der Waals surface area contributed by atoms with E-state index in [1.165, 1.54) is 6.20 Å². The molecule has 0 saturated carbocycles. The number of pyridine rings is 1. The Morgan fingerprint density at radius 3 is 1.72 bits per heavy atom. The van der Waals surface area contributed by atoms with E-state index in [4.69, 9.17) is 40.1 Å². The summed E-state index contributed by atoms with van der Waals surface area (Å²) < 4.78 is 0. The van der Waals surface area contributed by atoms with Gasteiger partial charge in [-0.15, -0.1) is 0 Å². The van der Waals surface area contributed by atoms with Crippen molar-refractivity contribution >= 4 is 47.3 Å². The topological polar surface area (TPSA) is 349 Å². The third kappa shape index (κ3) is 17.1. The lowest BCUT2D eigenvalue weighted by Gasteiger charge is -2.33. The highest BCUT2D eigenvalue weighted by molar-refractivity contribution is 5.95. The molecule has 53 heavy (non-hydrogen) atoms. The van der Waals surface area contributed by atoms with Crippen LogP contribution >= 0.6 is 0 Å². The Bertz CT molecular complexity index is 1590. The number of nitrogens with zero attached hydrogens (tertiary/aromatic N) is 4. The number of nitrogens with one attached hydrogen (secondary N) is 4. The molecule has 0 saturated heterocycles. The van der Waals surface area contributed by atoms with Gasteiger partial charge in [0, 0.05) is 25.8 Å². The summed E-state index contributed by atoms with van der Waals surface area (Å²) in [6, 6.07) is 7.30. The van der Waals surface area contributed by atoms with Gasteiger partial charge in [0.1, 0.15) is 23.9 Å². The van der Waals surface area contributed by atoms with Crippen molar-refractivity contribution in [3.05, 3.63) is 59.3 Å². The lowest BCUT2D eigenvalue weighted by molar-refractivity contribution is -0.136. The number of hydrogen-bond donors (Lipinski definition) is 11. The second-order valence-corrected chi connectivity index (χ2v) is 13.4. The van der Waals surface area contributed by atoms with E-state index >= 15 is 0 Å². The van der Waals surface area contributed by atoms with Crippen molar-refractivity contribution in [1.82, 2.24) is 26.3 Å². The zero-order valence-corrected chi connectivity index (χ0v) is 30.6. The summed E-state index contributed by atoms with van der Waals surface area (Å²) in [6.45, 7) is 6.17. The van der Waals surface area contributed by atoms with Gasteiger partial charge >= 0.3 is 0 Å². The van der Waals surface area contributed by atoms with Crippen molar-refractivity contribution in [2.75, 3.05) is 18.8 Å². The fraction of sp³-hybridized carbons (Fsp3) is 0.471. The molecule has 19 heteroatoms. The Labute approximate surface area is 309 Å². The number of nitrogens with two attached hydrogens (primary N) is 7. The third-order valence-corrected chi connectivity index (χ3v) is 7.74. The molecule has 290 valence electrons. The van der Waals surface area contributed by atoms with Crippen LogP contribution in [0.1, 0.15) is 63.1 Å². The number of nitrogen functional groups attached to an aromatic ring is 1. The number of guanidine groups is 3. The van der Waals surface area contributed by atoms with E-state index < -0.39 is 47.2 Å². The summed E-state index contributed by atoms with van der Waals surface area (Å²) in [5.74, 6) is -1.99. The molecule has 0 radical (unpaired) electrons. The molecule has 19 nitrogen and oxygen atoms in total. The van der Waals surface area contributed by atoms with Crippen LogP contribution in [0.15, 0.2) is 57.6 Å². The van der Waals surface area contributed by atoms with E-state index in [2.05, 4.69) is 41.2 Å². The summed E-state index contributed by atoms with van der Waals surface area (Å²) in [6.07, 6.45) is 2.59. The average Bonchev–Trinajstić information content (AvgIpc) is 3.08. The lowest BCUT2D eigenvalue weighted by atomic mass is 9.85. The number of amides is 4. The second kappa shape index (κ2) is 21.3. The minimum Gasteiger partial charge on any atom is -0.384 e. The predicted octanol–water partition coefficient (Wildman–Crippen LogP) is -2.10. The number of hydrogen-bond acceptors (Lipinski definition) is 9. The van der Waals surface area contributed by atoms with Crippen LogP contribution in [0.25, 0.3) is 0 Å². The molecule has 0 bridgehead atoms. The highest BCUT2D eigenvalue weighted by Gasteiger charge is 2.36. The van der Waals surface area contributed by atoms with Gasteiger partial charge in [-0.2, -0.15) is 0 Å². The maximum Gasteiger partial charge on any atom is 0.243 e. The summed E-state index contributed by atoms with van der Waals surface area (Å²) in [5, 5.41) is 11.2. The smallest absolute Gasteiger partial charge is 0.243 e. The van der Waals surface area contributed by atoms with Gasteiger partial charge in [0.15, 0.2) is 17.9 Å². The van der Waals surface area contributed by atoms with Gasteiger partial charge in [-0.05, 0) is 53.9 Å². The van der Waals surface area contributed by atoms with E-state index in [0.717, 1.165) is 5.56 Å². The number of benzene rings is 1. The number of anilines is 1. The van der Waals surface area contributed by atoms with E-state index in [9.17, 15) is 19.2 Å². The van der Waals surface area contributed by atoms with Crippen molar-refractivity contribution in [2.45, 2.75) is 84.1 Å². The molecule has 1 aromatic carbocycles. The van der Waals surface area contributed by atoms with Crippen LogP contribution in [0.5, 0.6) is 0 Å². The van der Waals surface area contributed by atoms with Crippen LogP contribution in [0.4, 0.5) is 5.82 Å². The molecule has 4 amide bonds. The molecular formula is C34H55N15O4. The molecule has 18 N–H and O–H groups in total. The first-order chi connectivity index (χ1) is 24.9. The largest absolute Gasteiger partial charge is 0.384 e. The summed E-state index contributed by atoms with van der Waals surface area (Å²) in [4.78, 5) is 70.1. The van der Waals surface area contributed by atoms with E-state index in [1.807, 2.05) is 0 Å². The number of rotatable bonds is 20. The van der Waals surface area contributed by atoms with Crippen LogP contribution in [-0.2, 0) is 38.7 Å². The Morgan fingerprint density at radius 1 is 0.679 bits per heavy atom. The molecule has 0 unspecified atom stereocenters. The molecule has 0 aliphatic rings. The number of carbonyl (C=O) groups excluding carboxylic acids is 4. The van der Waals surface area contributed by atoms with Gasteiger partial charge in [0.2, 0.25) is 23.6 Å². The normalized spacial score (nSPS) is 12.6. The zero-order valence-electron chi connectivity index (χ0n) is 30.6. The van der Waals surface area contributed by atoms with Crippen LogP contribution in [-0.4, -0.2) is 77.7 Å². The fourth-order valence-electron chi connectivity index (χ4n) is 4.95. The summed E-state index contributed by atoms with van der Waals surface area (Å²) in [7, 11) is 0. The van der Waals surface area contributed by atoms with Crippen molar-refractivity contribution in [3.8, 4) is 0 Å². The van der Waals surface area contributed by atoms with Gasteiger partial charge in [-0.3, -0.25) is 29.2 Å². The zero-order chi connectivity index (χ0) is 39.6. The van der Waals surface area contributed by atoms with Gasteiger partial charge in [0.25, 0.3) is 0 Å². The molecule has 1 heterocycles. The number of aromatic nitrogens is 1. The molecule has 0 fully saturated rings. The minimum absolute atomic E-state index is 0.0213. The van der Waals surface area contributed by atoms with Gasteiger partial charge < -0.3 is 61.4 Å². The van der Waals surface area contributed by atoms with E-state index in [-0.39, 0.29) is 56.8 Å². The Morgan fingerprint density at radius 2 is 1.21 bits per heavy atom. The van der Waals surface area contributed by atoms with Crippen LogP contribution in [0.3, 0.4) is 0 Å². The molecule has 0 aliphatic heterocycles. The van der Waals surface area contributed by atoms with Crippen molar-refractivity contribution < 1.29 is 19.2 Å². The molecule has 0 aliphatic carbocycles. The standard InChI is InChI=1S/C34H55N15O4/c1-34(2,3)27(30(53)48-23(6-4-14-42-31(36)37)28(51)45-19-22-12-13-25(35)44-18-22)49-29(52)24(7-5-15-43-32(38)39)47-26(50)16-20-8-10-21(11-9-20)17-46-33(40)41/h8-13,18,23-24,27H,4-7,14-17,19H2,1-3H3,(H2,35,44)(H,45,51)(H,47,50)(H,48,53)(H,49,52)(H4,36,37,42)(H4,38,39,43)(H4,40,41,46)/t23-,24-,27+/m0/s1. The minimum atomic E-state index is -1.11. The Balaban J connectivity index is 2.23. The van der Waals surface area contributed by atoms with Gasteiger partial charge in [-0.25, -0.2) is 9.98 Å². The quantitative estimate of drug-likeness (QED) is 0.0396. The molecule has 2 aromatic rings. The fourth-order valence-corrected chi connectivity index (χ4v) is 4.95. The van der Waals surface area contributed by atoms with Gasteiger partial charge in [0.05, 0.1) is 13.0 Å². The molecule has 2 rings (SSSR count). The molecule has 3 atom stereocenters. The highest BCUT2D eigenvalue weighted by atomic mass is 16.2. The SMILES string of the molecule is CC(C)(C)[C@H](NC(=O)[C@H](CCCN=C(N)N)NC(=O)Cc1ccc(CN=C(N)N)cc1)C(=O)N[C@@H](CCCN=C(N)N)C(=O)NCc1ccc(N)nc1. The number of carbonyl (C=O) groups is 4.